The Labute approximate surface area is 188 Å². The summed E-state index contributed by atoms with van der Waals surface area (Å²) in [6.45, 7) is 4.58. The number of carbonyl (C=O) groups is 2. The van der Waals surface area contributed by atoms with Gasteiger partial charge in [0.2, 0.25) is 0 Å². The lowest BCUT2D eigenvalue weighted by Gasteiger charge is -2.26. The lowest BCUT2D eigenvalue weighted by Crippen LogP contribution is -2.34. The number of hydrogen-bond donors (Lipinski definition) is 2. The van der Waals surface area contributed by atoms with Crippen molar-refractivity contribution in [3.05, 3.63) is 88.7 Å². The number of carbonyl (C=O) groups excluding carboxylic acids is 2. The van der Waals surface area contributed by atoms with Gasteiger partial charge in [-0.3, -0.25) is 9.59 Å². The van der Waals surface area contributed by atoms with E-state index in [2.05, 4.69) is 13.8 Å². The van der Waals surface area contributed by atoms with E-state index in [4.69, 9.17) is 9.84 Å². The van der Waals surface area contributed by atoms with Crippen molar-refractivity contribution in [3.63, 3.8) is 0 Å². The summed E-state index contributed by atoms with van der Waals surface area (Å²) in [5.74, 6) is -1.22. The molecule has 1 atom stereocenters. The lowest BCUT2D eigenvalue weighted by molar-refractivity contribution is -0.130. The molecule has 6 heteroatoms. The van der Waals surface area contributed by atoms with Crippen LogP contribution in [0, 0.1) is 0 Å². The van der Waals surface area contributed by atoms with E-state index in [0.717, 1.165) is 16.7 Å². The summed E-state index contributed by atoms with van der Waals surface area (Å²) in [5.41, 5.74) is 2.78. The van der Waals surface area contributed by atoms with Gasteiger partial charge in [0.1, 0.15) is 0 Å². The van der Waals surface area contributed by atoms with E-state index in [0.29, 0.717) is 5.92 Å². The highest BCUT2D eigenvalue weighted by atomic mass is 16.5. The largest absolute Gasteiger partial charge is 0.503 e. The van der Waals surface area contributed by atoms with Gasteiger partial charge in [-0.15, -0.1) is 0 Å². The first-order valence-corrected chi connectivity index (χ1v) is 10.7. The molecule has 2 aromatic rings. The van der Waals surface area contributed by atoms with Crippen LogP contribution in [-0.4, -0.2) is 53.2 Å². The molecule has 0 unspecified atom stereocenters. The lowest BCUT2D eigenvalue weighted by atomic mass is 9.93. The average molecular weight is 436 g/mol. The monoisotopic (exact) mass is 435 g/mol. The number of ether oxygens (including phenoxy) is 1. The fraction of sp³-hybridized carbons (Fsp3) is 0.308. The highest BCUT2D eigenvalue weighted by Gasteiger charge is 2.42. The molecule has 0 saturated heterocycles. The Morgan fingerprint density at radius 1 is 1.09 bits per heavy atom. The number of benzene rings is 2. The fourth-order valence-electron chi connectivity index (χ4n) is 3.70. The van der Waals surface area contributed by atoms with Gasteiger partial charge in [0, 0.05) is 6.54 Å². The minimum absolute atomic E-state index is 0.0571. The van der Waals surface area contributed by atoms with Crippen LogP contribution >= 0.6 is 0 Å². The maximum atomic E-state index is 13.1. The van der Waals surface area contributed by atoms with Gasteiger partial charge < -0.3 is 19.8 Å². The molecule has 0 aliphatic carbocycles. The highest BCUT2D eigenvalue weighted by molar-refractivity contribution is 6.14. The van der Waals surface area contributed by atoms with Crippen molar-refractivity contribution in [1.82, 2.24) is 4.90 Å². The number of nitrogens with zero attached hydrogens (tertiary/aromatic N) is 1. The second kappa shape index (κ2) is 10.9. The molecular formula is C26H29NO5. The van der Waals surface area contributed by atoms with Crippen molar-refractivity contribution < 1.29 is 24.5 Å². The summed E-state index contributed by atoms with van der Waals surface area (Å²) in [4.78, 5) is 27.4. The van der Waals surface area contributed by atoms with Gasteiger partial charge in [0.25, 0.3) is 5.91 Å². The maximum absolute atomic E-state index is 13.1. The Morgan fingerprint density at radius 2 is 1.78 bits per heavy atom. The van der Waals surface area contributed by atoms with E-state index < -0.39 is 23.5 Å². The number of amides is 1. The molecule has 1 aliphatic rings. The maximum Gasteiger partial charge on any atom is 0.290 e. The molecule has 1 amide bonds. The zero-order chi connectivity index (χ0) is 23.1. The average Bonchev–Trinajstić information content (AvgIpc) is 3.06. The summed E-state index contributed by atoms with van der Waals surface area (Å²) in [6, 6.07) is 16.4. The molecule has 168 valence electrons. The van der Waals surface area contributed by atoms with Gasteiger partial charge in [0.05, 0.1) is 31.4 Å². The van der Waals surface area contributed by atoms with Crippen molar-refractivity contribution in [2.75, 3.05) is 26.4 Å². The molecule has 0 saturated carbocycles. The fourth-order valence-corrected chi connectivity index (χ4v) is 3.70. The van der Waals surface area contributed by atoms with Crippen molar-refractivity contribution >= 4 is 17.8 Å². The quantitative estimate of drug-likeness (QED) is 0.438. The van der Waals surface area contributed by atoms with Crippen molar-refractivity contribution in [2.45, 2.75) is 25.8 Å². The molecule has 0 aromatic heterocycles. The topological polar surface area (TPSA) is 87.1 Å². The van der Waals surface area contributed by atoms with Crippen LogP contribution < -0.4 is 0 Å². The predicted octanol–water partition coefficient (Wildman–Crippen LogP) is 3.80. The van der Waals surface area contributed by atoms with Crippen LogP contribution in [0.15, 0.2) is 72.0 Å². The minimum Gasteiger partial charge on any atom is -0.503 e. The molecule has 6 nitrogen and oxygen atoms in total. The summed E-state index contributed by atoms with van der Waals surface area (Å²) in [7, 11) is 0. The standard InChI is InChI=1S/C26H29NO5/c1-18(2)20-9-11-21(12-10-20)24-23(22(29)13-8-19-6-4-3-5-7-19)25(30)26(31)27(24)14-16-32-17-15-28/h3-13,18,24,28,30H,14-17H2,1-2H3/b13-8-/t24-/m0/s1. The van der Waals surface area contributed by atoms with E-state index in [1.807, 2.05) is 54.6 Å². The molecule has 0 radical (unpaired) electrons. The Balaban J connectivity index is 1.93. The van der Waals surface area contributed by atoms with Crippen LogP contribution in [0.25, 0.3) is 6.08 Å². The van der Waals surface area contributed by atoms with Crippen molar-refractivity contribution in [1.29, 1.82) is 0 Å². The van der Waals surface area contributed by atoms with Crippen LogP contribution in [-0.2, 0) is 14.3 Å². The summed E-state index contributed by atoms with van der Waals surface area (Å²) in [6.07, 6.45) is 3.05. The summed E-state index contributed by atoms with van der Waals surface area (Å²) in [5, 5.41) is 19.5. The van der Waals surface area contributed by atoms with E-state index in [9.17, 15) is 14.7 Å². The number of aliphatic hydroxyl groups excluding tert-OH is 2. The number of rotatable bonds is 10. The van der Waals surface area contributed by atoms with Gasteiger partial charge in [0.15, 0.2) is 11.5 Å². The summed E-state index contributed by atoms with van der Waals surface area (Å²) >= 11 is 0. The SMILES string of the molecule is CC(C)c1ccc([C@H]2C(C(=O)/C=C\c3ccccc3)=C(O)C(=O)N2CCOCCO)cc1. The first-order valence-electron chi connectivity index (χ1n) is 10.7. The van der Waals surface area contributed by atoms with Gasteiger partial charge in [-0.05, 0) is 28.7 Å². The first kappa shape index (κ1) is 23.4. The first-order chi connectivity index (χ1) is 15.4. The van der Waals surface area contributed by atoms with Gasteiger partial charge in [-0.2, -0.15) is 0 Å². The van der Waals surface area contributed by atoms with Gasteiger partial charge >= 0.3 is 0 Å². The number of aliphatic hydroxyl groups is 2. The smallest absolute Gasteiger partial charge is 0.290 e. The molecule has 2 aromatic carbocycles. The highest BCUT2D eigenvalue weighted by Crippen LogP contribution is 2.38. The number of hydrogen-bond acceptors (Lipinski definition) is 5. The third kappa shape index (κ3) is 5.33. The summed E-state index contributed by atoms with van der Waals surface area (Å²) < 4.78 is 5.32. The van der Waals surface area contributed by atoms with Crippen LogP contribution in [0.2, 0.25) is 0 Å². The van der Waals surface area contributed by atoms with Gasteiger partial charge in [-0.25, -0.2) is 0 Å². The Morgan fingerprint density at radius 3 is 2.41 bits per heavy atom. The van der Waals surface area contributed by atoms with Crippen LogP contribution in [0.4, 0.5) is 0 Å². The molecular weight excluding hydrogens is 406 g/mol. The molecule has 2 N–H and O–H groups in total. The van der Waals surface area contributed by atoms with Crippen LogP contribution in [0.3, 0.4) is 0 Å². The Kier molecular flexibility index (Phi) is 7.98. The molecule has 3 rings (SSSR count). The molecule has 1 heterocycles. The second-order valence-corrected chi connectivity index (χ2v) is 7.93. The Bertz CT molecular complexity index is 993. The molecule has 0 bridgehead atoms. The van der Waals surface area contributed by atoms with Crippen LogP contribution in [0.5, 0.6) is 0 Å². The third-order valence-electron chi connectivity index (χ3n) is 5.43. The molecule has 0 fully saturated rings. The molecule has 0 spiro atoms. The zero-order valence-electron chi connectivity index (χ0n) is 18.4. The van der Waals surface area contributed by atoms with Gasteiger partial charge in [-0.1, -0.05) is 74.5 Å². The second-order valence-electron chi connectivity index (χ2n) is 7.93. The number of allylic oxidation sites excluding steroid dienone is 1. The van der Waals surface area contributed by atoms with E-state index in [1.54, 1.807) is 6.08 Å². The Hall–Kier alpha value is -3.22. The predicted molar refractivity (Wildman–Crippen MR) is 123 cm³/mol. The van der Waals surface area contributed by atoms with E-state index >= 15 is 0 Å². The van der Waals surface area contributed by atoms with E-state index in [1.165, 1.54) is 11.0 Å². The molecule has 1 aliphatic heterocycles. The normalized spacial score (nSPS) is 16.6. The third-order valence-corrected chi connectivity index (χ3v) is 5.43. The van der Waals surface area contributed by atoms with E-state index in [-0.39, 0.29) is 31.9 Å². The number of ketones is 1. The van der Waals surface area contributed by atoms with Crippen molar-refractivity contribution in [3.8, 4) is 0 Å². The van der Waals surface area contributed by atoms with Crippen LogP contribution in [0.1, 0.15) is 42.5 Å². The minimum atomic E-state index is -0.714. The molecule has 32 heavy (non-hydrogen) atoms. The van der Waals surface area contributed by atoms with Crippen molar-refractivity contribution in [2.24, 2.45) is 0 Å². The zero-order valence-corrected chi connectivity index (χ0v) is 18.4.